The van der Waals surface area contributed by atoms with E-state index in [2.05, 4.69) is 16.8 Å². The van der Waals surface area contributed by atoms with Crippen LogP contribution in [0.4, 0.5) is 4.79 Å². The molecule has 1 saturated carbocycles. The third kappa shape index (κ3) is 4.27. The molecule has 2 heterocycles. The molecule has 142 valence electrons. The number of ether oxygens (including phenoxy) is 1. The zero-order chi connectivity index (χ0) is 18.2. The van der Waals surface area contributed by atoms with Crippen LogP contribution in [0.5, 0.6) is 0 Å². The van der Waals surface area contributed by atoms with Crippen LogP contribution in [0.3, 0.4) is 0 Å². The van der Waals surface area contributed by atoms with Crippen LogP contribution in [-0.2, 0) is 9.53 Å². The van der Waals surface area contributed by atoms with Crippen molar-refractivity contribution in [2.45, 2.75) is 52.1 Å². The van der Waals surface area contributed by atoms with Gasteiger partial charge in [-0.1, -0.05) is 0 Å². The molecule has 3 fully saturated rings. The average Bonchev–Trinajstić information content (AvgIpc) is 2.51. The van der Waals surface area contributed by atoms with Crippen LogP contribution in [-0.4, -0.2) is 78.6 Å². The fourth-order valence-electron chi connectivity index (χ4n) is 4.30. The van der Waals surface area contributed by atoms with Crippen molar-refractivity contribution in [2.75, 3.05) is 46.3 Å². The van der Waals surface area contributed by atoms with Crippen molar-refractivity contribution in [1.29, 1.82) is 0 Å². The molecule has 2 amide bonds. The summed E-state index contributed by atoms with van der Waals surface area (Å²) in [7, 11) is 2.11. The van der Waals surface area contributed by atoms with E-state index in [1.807, 2.05) is 25.7 Å². The molecule has 0 aromatic carbocycles. The van der Waals surface area contributed by atoms with Crippen molar-refractivity contribution in [3.63, 3.8) is 0 Å². The minimum atomic E-state index is -0.438. The van der Waals surface area contributed by atoms with Crippen molar-refractivity contribution in [3.05, 3.63) is 0 Å². The van der Waals surface area contributed by atoms with E-state index in [9.17, 15) is 9.59 Å². The number of hydrogen-bond acceptors (Lipinski definition) is 4. The Morgan fingerprint density at radius 3 is 2.04 bits per heavy atom. The Balaban J connectivity index is 1.44. The summed E-state index contributed by atoms with van der Waals surface area (Å²) in [5.74, 6) is 0.538. The van der Waals surface area contributed by atoms with Crippen molar-refractivity contribution < 1.29 is 14.3 Å². The first-order valence-electron chi connectivity index (χ1n) is 9.63. The first-order chi connectivity index (χ1) is 11.7. The average molecular weight is 351 g/mol. The number of carbonyl (C=O) groups excluding carboxylic acids is 2. The second-order valence-electron chi connectivity index (χ2n) is 9.24. The summed E-state index contributed by atoms with van der Waals surface area (Å²) in [5.41, 5.74) is -0.206. The van der Waals surface area contributed by atoms with E-state index in [4.69, 9.17) is 4.74 Å². The molecule has 1 aliphatic carbocycles. The summed E-state index contributed by atoms with van der Waals surface area (Å²) >= 11 is 0. The molecule has 3 aliphatic rings. The Kier molecular flexibility index (Phi) is 5.02. The smallest absolute Gasteiger partial charge is 0.410 e. The minimum absolute atomic E-state index is 0.185. The minimum Gasteiger partial charge on any atom is -0.444 e. The quantitative estimate of drug-likeness (QED) is 0.727. The van der Waals surface area contributed by atoms with E-state index in [0.29, 0.717) is 5.91 Å². The monoisotopic (exact) mass is 351 g/mol. The predicted octanol–water partition coefficient (Wildman–Crippen LogP) is 2.19. The summed E-state index contributed by atoms with van der Waals surface area (Å²) in [6.45, 7) is 11.0. The number of amides is 2. The second kappa shape index (κ2) is 6.78. The highest BCUT2D eigenvalue weighted by atomic mass is 16.6. The van der Waals surface area contributed by atoms with Gasteiger partial charge in [-0.25, -0.2) is 4.79 Å². The molecule has 0 aromatic rings. The maximum absolute atomic E-state index is 12.7. The Morgan fingerprint density at radius 2 is 1.52 bits per heavy atom. The number of hydrogen-bond donors (Lipinski definition) is 0. The van der Waals surface area contributed by atoms with E-state index >= 15 is 0 Å². The number of nitrogens with zero attached hydrogens (tertiary/aromatic N) is 3. The number of rotatable bonds is 1. The normalized spacial score (nSPS) is 25.0. The third-order valence-electron chi connectivity index (χ3n) is 5.91. The standard InChI is InChI=1S/C19H33N3O3/c1-18(2,3)25-17(24)22-13-19(14-22)7-5-15(6-8-19)16(23)21-11-9-20(4)10-12-21/h15H,5-14H2,1-4H3. The van der Waals surface area contributed by atoms with Crippen molar-refractivity contribution in [1.82, 2.24) is 14.7 Å². The molecule has 2 aliphatic heterocycles. The highest BCUT2D eigenvalue weighted by Crippen LogP contribution is 2.46. The zero-order valence-corrected chi connectivity index (χ0v) is 16.2. The van der Waals surface area contributed by atoms with Crippen LogP contribution in [0.1, 0.15) is 46.5 Å². The lowest BCUT2D eigenvalue weighted by Gasteiger charge is -2.53. The van der Waals surface area contributed by atoms with E-state index in [1.54, 1.807) is 0 Å². The molecule has 3 rings (SSSR count). The van der Waals surface area contributed by atoms with Gasteiger partial charge in [0.05, 0.1) is 0 Å². The van der Waals surface area contributed by atoms with E-state index in [0.717, 1.165) is 65.0 Å². The first kappa shape index (κ1) is 18.5. The maximum Gasteiger partial charge on any atom is 0.410 e. The van der Waals surface area contributed by atoms with Gasteiger partial charge in [-0.05, 0) is 53.5 Å². The molecule has 0 radical (unpaired) electrons. The molecule has 0 aromatic heterocycles. The molecule has 0 atom stereocenters. The SMILES string of the molecule is CN1CCN(C(=O)C2CCC3(CC2)CN(C(=O)OC(C)(C)C)C3)CC1. The summed E-state index contributed by atoms with van der Waals surface area (Å²) in [6, 6.07) is 0. The van der Waals surface area contributed by atoms with Crippen LogP contribution in [0.25, 0.3) is 0 Å². The van der Waals surface area contributed by atoms with E-state index in [-0.39, 0.29) is 17.4 Å². The molecule has 1 spiro atoms. The van der Waals surface area contributed by atoms with Crippen LogP contribution in [0.15, 0.2) is 0 Å². The van der Waals surface area contributed by atoms with Gasteiger partial charge in [0.15, 0.2) is 0 Å². The van der Waals surface area contributed by atoms with Crippen LogP contribution >= 0.6 is 0 Å². The first-order valence-corrected chi connectivity index (χ1v) is 9.63. The lowest BCUT2D eigenvalue weighted by Crippen LogP contribution is -2.60. The lowest BCUT2D eigenvalue weighted by molar-refractivity contribution is -0.140. The van der Waals surface area contributed by atoms with Gasteiger partial charge in [-0.2, -0.15) is 0 Å². The van der Waals surface area contributed by atoms with Crippen LogP contribution in [0, 0.1) is 11.3 Å². The Hall–Kier alpha value is -1.30. The second-order valence-corrected chi connectivity index (χ2v) is 9.24. The zero-order valence-electron chi connectivity index (χ0n) is 16.2. The fourth-order valence-corrected chi connectivity index (χ4v) is 4.30. The highest BCUT2D eigenvalue weighted by Gasteiger charge is 2.49. The lowest BCUT2D eigenvalue weighted by atomic mass is 9.66. The number of piperazine rings is 1. The van der Waals surface area contributed by atoms with Gasteiger partial charge in [0.25, 0.3) is 0 Å². The largest absolute Gasteiger partial charge is 0.444 e. The topological polar surface area (TPSA) is 53.1 Å². The van der Waals surface area contributed by atoms with Gasteiger partial charge in [0.1, 0.15) is 5.60 Å². The molecule has 25 heavy (non-hydrogen) atoms. The van der Waals surface area contributed by atoms with Crippen LogP contribution in [0.2, 0.25) is 0 Å². The van der Waals surface area contributed by atoms with Gasteiger partial charge >= 0.3 is 6.09 Å². The van der Waals surface area contributed by atoms with Gasteiger partial charge in [0, 0.05) is 50.6 Å². The molecule has 0 unspecified atom stereocenters. The van der Waals surface area contributed by atoms with Crippen molar-refractivity contribution in [2.24, 2.45) is 11.3 Å². The van der Waals surface area contributed by atoms with Gasteiger partial charge in [-0.3, -0.25) is 4.79 Å². The number of likely N-dealkylation sites (tertiary alicyclic amines) is 1. The summed E-state index contributed by atoms with van der Waals surface area (Å²) in [4.78, 5) is 31.0. The molecule has 0 N–H and O–H groups in total. The van der Waals surface area contributed by atoms with E-state index in [1.165, 1.54) is 0 Å². The third-order valence-corrected chi connectivity index (χ3v) is 5.91. The summed E-state index contributed by atoms with van der Waals surface area (Å²) < 4.78 is 5.45. The van der Waals surface area contributed by atoms with Crippen molar-refractivity contribution in [3.8, 4) is 0 Å². The maximum atomic E-state index is 12.7. The summed E-state index contributed by atoms with van der Waals surface area (Å²) in [5, 5.41) is 0. The predicted molar refractivity (Wildman–Crippen MR) is 96.3 cm³/mol. The van der Waals surface area contributed by atoms with Crippen molar-refractivity contribution >= 4 is 12.0 Å². The van der Waals surface area contributed by atoms with Gasteiger partial charge in [0.2, 0.25) is 5.91 Å². The van der Waals surface area contributed by atoms with Gasteiger partial charge in [-0.15, -0.1) is 0 Å². The molecule has 0 bridgehead atoms. The molecular weight excluding hydrogens is 318 g/mol. The summed E-state index contributed by atoms with van der Waals surface area (Å²) in [6.07, 6.45) is 3.84. The van der Waals surface area contributed by atoms with Crippen LogP contribution < -0.4 is 0 Å². The highest BCUT2D eigenvalue weighted by molar-refractivity contribution is 5.79. The number of likely N-dealkylation sites (N-methyl/N-ethyl adjacent to an activating group) is 1. The van der Waals surface area contributed by atoms with Gasteiger partial charge < -0.3 is 19.4 Å². The van der Waals surface area contributed by atoms with E-state index < -0.39 is 5.60 Å². The molecule has 6 nitrogen and oxygen atoms in total. The Bertz CT molecular complexity index is 504. The molecular formula is C19H33N3O3. The Morgan fingerprint density at radius 1 is 0.960 bits per heavy atom. The molecule has 2 saturated heterocycles. The fraction of sp³-hybridized carbons (Fsp3) is 0.895. The number of carbonyl (C=O) groups is 2. The Labute approximate surface area is 151 Å². The molecule has 6 heteroatoms.